The summed E-state index contributed by atoms with van der Waals surface area (Å²) in [5.74, 6) is 0.904. The molecule has 0 aliphatic rings. The summed E-state index contributed by atoms with van der Waals surface area (Å²) in [4.78, 5) is 3.41. The molecular weight excluding hydrogens is 200 g/mol. The predicted octanol–water partition coefficient (Wildman–Crippen LogP) is 2.29. The van der Waals surface area contributed by atoms with Crippen LogP contribution in [-0.4, -0.2) is 18.6 Å². The average Bonchev–Trinajstić information content (AvgIpc) is 2.57. The van der Waals surface area contributed by atoms with Crippen LogP contribution in [0.25, 0.3) is 10.9 Å². The number of fused-ring (bicyclic) bond motifs is 1. The largest absolute Gasteiger partial charge is 0.495 e. The highest BCUT2D eigenvalue weighted by atomic mass is 16.5. The second kappa shape index (κ2) is 4.18. The highest BCUT2D eigenvalue weighted by molar-refractivity contribution is 5.90. The van der Waals surface area contributed by atoms with E-state index in [0.29, 0.717) is 6.54 Å². The van der Waals surface area contributed by atoms with Crippen LogP contribution in [0.3, 0.4) is 0 Å². The zero-order valence-corrected chi connectivity index (χ0v) is 10.1. The predicted molar refractivity (Wildman–Crippen MR) is 67.1 cm³/mol. The van der Waals surface area contributed by atoms with E-state index in [1.54, 1.807) is 7.11 Å². The molecule has 0 aliphatic heterocycles. The van der Waals surface area contributed by atoms with Crippen molar-refractivity contribution in [3.63, 3.8) is 0 Å². The van der Waals surface area contributed by atoms with Crippen molar-refractivity contribution in [1.29, 1.82) is 0 Å². The van der Waals surface area contributed by atoms with Crippen LogP contribution in [0, 0.1) is 13.8 Å². The number of aromatic amines is 1. The first-order valence-corrected chi connectivity index (χ1v) is 5.53. The zero-order valence-electron chi connectivity index (χ0n) is 10.1. The maximum atomic E-state index is 5.60. The molecule has 0 saturated heterocycles. The third-order valence-corrected chi connectivity index (χ3v) is 2.99. The molecule has 3 heteroatoms. The lowest BCUT2D eigenvalue weighted by atomic mass is 10.1. The SMILES string of the molecule is COc1cc(C)cc2c(C)c(CCN)[nH]c12. The lowest BCUT2D eigenvalue weighted by Crippen LogP contribution is -2.03. The quantitative estimate of drug-likeness (QED) is 0.830. The lowest BCUT2D eigenvalue weighted by Gasteiger charge is -2.03. The molecule has 3 nitrogen and oxygen atoms in total. The molecule has 0 unspecified atom stereocenters. The minimum Gasteiger partial charge on any atom is -0.495 e. The van der Waals surface area contributed by atoms with E-state index in [0.717, 1.165) is 17.7 Å². The van der Waals surface area contributed by atoms with E-state index in [9.17, 15) is 0 Å². The van der Waals surface area contributed by atoms with Crippen LogP contribution in [0.4, 0.5) is 0 Å². The van der Waals surface area contributed by atoms with Crippen molar-refractivity contribution in [3.8, 4) is 5.75 Å². The summed E-state index contributed by atoms with van der Waals surface area (Å²) in [6, 6.07) is 4.23. The van der Waals surface area contributed by atoms with E-state index in [2.05, 4.69) is 24.9 Å². The van der Waals surface area contributed by atoms with E-state index >= 15 is 0 Å². The normalized spacial score (nSPS) is 11.0. The minimum atomic E-state index is 0.662. The molecule has 2 rings (SSSR count). The van der Waals surface area contributed by atoms with Gasteiger partial charge in [-0.1, -0.05) is 0 Å². The summed E-state index contributed by atoms with van der Waals surface area (Å²) in [6.45, 7) is 4.87. The van der Waals surface area contributed by atoms with Gasteiger partial charge in [0.25, 0.3) is 0 Å². The molecule has 1 aromatic carbocycles. The Labute approximate surface area is 95.6 Å². The molecule has 0 radical (unpaired) electrons. The van der Waals surface area contributed by atoms with Gasteiger partial charge in [-0.25, -0.2) is 0 Å². The number of nitrogens with two attached hydrogens (primary N) is 1. The van der Waals surface area contributed by atoms with E-state index < -0.39 is 0 Å². The van der Waals surface area contributed by atoms with Gasteiger partial charge in [0.05, 0.1) is 12.6 Å². The van der Waals surface area contributed by atoms with Crippen LogP contribution >= 0.6 is 0 Å². The first kappa shape index (κ1) is 11.0. The van der Waals surface area contributed by atoms with Gasteiger partial charge in [-0.3, -0.25) is 0 Å². The van der Waals surface area contributed by atoms with E-state index in [1.807, 2.05) is 6.07 Å². The average molecular weight is 218 g/mol. The number of methoxy groups -OCH3 is 1. The number of ether oxygens (including phenoxy) is 1. The Morgan fingerprint density at radius 1 is 1.31 bits per heavy atom. The van der Waals surface area contributed by atoms with Crippen LogP contribution in [0.5, 0.6) is 5.75 Å². The van der Waals surface area contributed by atoms with Gasteiger partial charge >= 0.3 is 0 Å². The van der Waals surface area contributed by atoms with E-state index in [-0.39, 0.29) is 0 Å². The lowest BCUT2D eigenvalue weighted by molar-refractivity contribution is 0.418. The topological polar surface area (TPSA) is 51.0 Å². The third kappa shape index (κ3) is 1.67. The summed E-state index contributed by atoms with van der Waals surface area (Å²) >= 11 is 0. The molecule has 0 atom stereocenters. The van der Waals surface area contributed by atoms with Gasteiger partial charge in [0.2, 0.25) is 0 Å². The Kier molecular flexibility index (Phi) is 2.88. The molecule has 1 aromatic heterocycles. The Morgan fingerprint density at radius 2 is 2.06 bits per heavy atom. The summed E-state index contributed by atoms with van der Waals surface area (Å²) in [7, 11) is 1.70. The molecule has 3 N–H and O–H groups in total. The van der Waals surface area contributed by atoms with Gasteiger partial charge in [-0.15, -0.1) is 0 Å². The number of nitrogens with one attached hydrogen (secondary N) is 1. The van der Waals surface area contributed by atoms with Crippen LogP contribution in [0.2, 0.25) is 0 Å². The minimum absolute atomic E-state index is 0.662. The molecule has 86 valence electrons. The van der Waals surface area contributed by atoms with Crippen LogP contribution in [0.1, 0.15) is 16.8 Å². The van der Waals surface area contributed by atoms with Crippen LogP contribution in [0.15, 0.2) is 12.1 Å². The van der Waals surface area contributed by atoms with Crippen molar-refractivity contribution in [1.82, 2.24) is 4.98 Å². The van der Waals surface area contributed by atoms with Crippen molar-refractivity contribution >= 4 is 10.9 Å². The Morgan fingerprint density at radius 3 is 2.69 bits per heavy atom. The molecule has 2 aromatic rings. The summed E-state index contributed by atoms with van der Waals surface area (Å²) in [5, 5.41) is 1.24. The fourth-order valence-corrected chi connectivity index (χ4v) is 2.14. The second-order valence-electron chi connectivity index (χ2n) is 4.16. The molecule has 0 aliphatic carbocycles. The van der Waals surface area contributed by atoms with Crippen LogP contribution in [-0.2, 0) is 6.42 Å². The van der Waals surface area contributed by atoms with Gasteiger partial charge in [-0.2, -0.15) is 0 Å². The molecule has 0 bridgehead atoms. The highest BCUT2D eigenvalue weighted by Gasteiger charge is 2.11. The number of hydrogen-bond acceptors (Lipinski definition) is 2. The highest BCUT2D eigenvalue weighted by Crippen LogP contribution is 2.30. The van der Waals surface area contributed by atoms with Gasteiger partial charge in [-0.05, 0) is 43.7 Å². The smallest absolute Gasteiger partial charge is 0.143 e. The van der Waals surface area contributed by atoms with Gasteiger partial charge in [0.15, 0.2) is 0 Å². The number of aromatic nitrogens is 1. The summed E-state index contributed by atoms with van der Waals surface area (Å²) in [6.07, 6.45) is 0.878. The molecular formula is C13H18N2O. The van der Waals surface area contributed by atoms with Crippen molar-refractivity contribution in [2.75, 3.05) is 13.7 Å². The molecule has 0 saturated carbocycles. The van der Waals surface area contributed by atoms with Crippen molar-refractivity contribution in [2.45, 2.75) is 20.3 Å². The van der Waals surface area contributed by atoms with Gasteiger partial charge in [0, 0.05) is 17.5 Å². The Balaban J connectivity index is 2.69. The first-order valence-electron chi connectivity index (χ1n) is 5.53. The number of aryl methyl sites for hydroxylation is 2. The van der Waals surface area contributed by atoms with Crippen molar-refractivity contribution in [2.24, 2.45) is 5.73 Å². The molecule has 0 fully saturated rings. The van der Waals surface area contributed by atoms with E-state index in [1.165, 1.54) is 22.2 Å². The number of rotatable bonds is 3. The second-order valence-corrected chi connectivity index (χ2v) is 4.16. The standard InChI is InChI=1S/C13H18N2O/c1-8-6-10-9(2)11(4-5-14)15-13(10)12(7-8)16-3/h6-7,15H,4-5,14H2,1-3H3. The molecule has 16 heavy (non-hydrogen) atoms. The number of H-pyrrole nitrogens is 1. The fraction of sp³-hybridized carbons (Fsp3) is 0.385. The maximum Gasteiger partial charge on any atom is 0.143 e. The zero-order chi connectivity index (χ0) is 11.7. The van der Waals surface area contributed by atoms with Gasteiger partial charge in [0.1, 0.15) is 5.75 Å². The summed E-state index contributed by atoms with van der Waals surface area (Å²) in [5.41, 5.74) is 10.4. The van der Waals surface area contributed by atoms with E-state index in [4.69, 9.17) is 10.5 Å². The fourth-order valence-electron chi connectivity index (χ4n) is 2.14. The van der Waals surface area contributed by atoms with Crippen LogP contribution < -0.4 is 10.5 Å². The maximum absolute atomic E-state index is 5.60. The van der Waals surface area contributed by atoms with Crippen molar-refractivity contribution < 1.29 is 4.74 Å². The van der Waals surface area contributed by atoms with Gasteiger partial charge < -0.3 is 15.5 Å². The monoisotopic (exact) mass is 218 g/mol. The molecule has 0 amide bonds. The Hall–Kier alpha value is -1.48. The first-order chi connectivity index (χ1) is 7.67. The number of benzene rings is 1. The third-order valence-electron chi connectivity index (χ3n) is 2.99. The number of hydrogen-bond donors (Lipinski definition) is 2. The van der Waals surface area contributed by atoms with Crippen molar-refractivity contribution in [3.05, 3.63) is 29.0 Å². The molecule has 1 heterocycles. The Bertz CT molecular complexity index is 514. The summed E-state index contributed by atoms with van der Waals surface area (Å²) < 4.78 is 5.39. The molecule has 0 spiro atoms.